The summed E-state index contributed by atoms with van der Waals surface area (Å²) in [5.41, 5.74) is 1.32. The van der Waals surface area contributed by atoms with Gasteiger partial charge in [-0.25, -0.2) is 0 Å². The van der Waals surface area contributed by atoms with Crippen LogP contribution in [0.3, 0.4) is 0 Å². The van der Waals surface area contributed by atoms with E-state index in [4.69, 9.17) is 5.11 Å². The Balaban J connectivity index is 2.13. The van der Waals surface area contributed by atoms with E-state index in [0.29, 0.717) is 12.0 Å². The topological polar surface area (TPSA) is 32.3 Å². The summed E-state index contributed by atoms with van der Waals surface area (Å²) in [7, 11) is 0. The predicted molar refractivity (Wildman–Crippen MR) is 81.1 cm³/mol. The summed E-state index contributed by atoms with van der Waals surface area (Å²) in [4.78, 5) is 0. The first-order valence-corrected chi connectivity index (χ1v) is 7.03. The zero-order valence-electron chi connectivity index (χ0n) is 11.8. The van der Waals surface area contributed by atoms with Crippen molar-refractivity contribution in [3.63, 3.8) is 0 Å². The molecule has 0 bridgehead atoms. The Morgan fingerprint density at radius 3 is 2.53 bits per heavy atom. The highest BCUT2D eigenvalue weighted by Crippen LogP contribution is 2.19. The molecule has 0 spiro atoms. The van der Waals surface area contributed by atoms with E-state index in [1.165, 1.54) is 16.3 Å². The standard InChI is InChI=1S/C17H23NO/c1-13(2)17(10-11-19)18-12-15-8-5-7-14-6-3-4-9-16(14)15/h3-9,13,17-19H,10-12H2,1-2H3. The molecule has 1 atom stereocenters. The first-order chi connectivity index (χ1) is 9.22. The lowest BCUT2D eigenvalue weighted by atomic mass is 10.00. The third-order valence-electron chi connectivity index (χ3n) is 3.68. The molecule has 1 unspecified atom stereocenters. The second-order valence-corrected chi connectivity index (χ2v) is 5.38. The van der Waals surface area contributed by atoms with Gasteiger partial charge in [0.1, 0.15) is 0 Å². The summed E-state index contributed by atoms with van der Waals surface area (Å²) in [6.45, 7) is 5.47. The zero-order valence-corrected chi connectivity index (χ0v) is 11.8. The van der Waals surface area contributed by atoms with Gasteiger partial charge in [0.15, 0.2) is 0 Å². The van der Waals surface area contributed by atoms with Crippen LogP contribution in [-0.4, -0.2) is 17.8 Å². The molecule has 102 valence electrons. The number of nitrogens with one attached hydrogen (secondary N) is 1. The Morgan fingerprint density at radius 2 is 1.79 bits per heavy atom. The van der Waals surface area contributed by atoms with Gasteiger partial charge >= 0.3 is 0 Å². The molecule has 2 N–H and O–H groups in total. The number of aliphatic hydroxyl groups is 1. The van der Waals surface area contributed by atoms with Gasteiger partial charge in [-0.1, -0.05) is 56.3 Å². The van der Waals surface area contributed by atoms with Crippen molar-refractivity contribution in [3.8, 4) is 0 Å². The van der Waals surface area contributed by atoms with Crippen LogP contribution < -0.4 is 5.32 Å². The maximum atomic E-state index is 9.11. The van der Waals surface area contributed by atoms with E-state index in [1.807, 2.05) is 0 Å². The molecule has 0 heterocycles. The van der Waals surface area contributed by atoms with Crippen LogP contribution in [0.4, 0.5) is 0 Å². The lowest BCUT2D eigenvalue weighted by molar-refractivity contribution is 0.244. The molecule has 0 saturated carbocycles. The first-order valence-electron chi connectivity index (χ1n) is 7.03. The van der Waals surface area contributed by atoms with Gasteiger partial charge in [0.2, 0.25) is 0 Å². The summed E-state index contributed by atoms with van der Waals surface area (Å²) in [5.74, 6) is 0.530. The fourth-order valence-corrected chi connectivity index (χ4v) is 2.50. The first kappa shape index (κ1) is 14.0. The van der Waals surface area contributed by atoms with Gasteiger partial charge in [0, 0.05) is 19.2 Å². The highest BCUT2D eigenvalue weighted by Gasteiger charge is 2.12. The van der Waals surface area contributed by atoms with Crippen LogP contribution in [0.5, 0.6) is 0 Å². The van der Waals surface area contributed by atoms with Gasteiger partial charge in [0.05, 0.1) is 0 Å². The normalized spacial score (nSPS) is 13.1. The zero-order chi connectivity index (χ0) is 13.7. The molecule has 0 fully saturated rings. The fraction of sp³-hybridized carbons (Fsp3) is 0.412. The van der Waals surface area contributed by atoms with Crippen LogP contribution in [0, 0.1) is 5.92 Å². The number of hydrogen-bond donors (Lipinski definition) is 2. The van der Waals surface area contributed by atoms with Crippen LogP contribution in [0.1, 0.15) is 25.8 Å². The SMILES string of the molecule is CC(C)C(CCO)NCc1cccc2ccccc12. The second kappa shape index (κ2) is 6.69. The van der Waals surface area contributed by atoms with Crippen molar-refractivity contribution in [2.75, 3.05) is 6.61 Å². The van der Waals surface area contributed by atoms with Gasteiger partial charge < -0.3 is 10.4 Å². The van der Waals surface area contributed by atoms with Gasteiger partial charge in [-0.15, -0.1) is 0 Å². The number of aliphatic hydroxyl groups excluding tert-OH is 1. The van der Waals surface area contributed by atoms with Gasteiger partial charge in [-0.3, -0.25) is 0 Å². The number of rotatable bonds is 6. The molecule has 0 aromatic heterocycles. The molecule has 0 aliphatic heterocycles. The Hall–Kier alpha value is -1.38. The van der Waals surface area contributed by atoms with Crippen molar-refractivity contribution < 1.29 is 5.11 Å². The average molecular weight is 257 g/mol. The van der Waals surface area contributed by atoms with E-state index in [-0.39, 0.29) is 6.61 Å². The highest BCUT2D eigenvalue weighted by atomic mass is 16.3. The Kier molecular flexibility index (Phi) is 4.94. The van der Waals surface area contributed by atoms with Crippen LogP contribution in [-0.2, 0) is 6.54 Å². The third-order valence-corrected chi connectivity index (χ3v) is 3.68. The van der Waals surface area contributed by atoms with Crippen LogP contribution in [0.25, 0.3) is 10.8 Å². The summed E-state index contributed by atoms with van der Waals surface area (Å²) in [6, 6.07) is 15.3. The fourth-order valence-electron chi connectivity index (χ4n) is 2.50. The highest BCUT2D eigenvalue weighted by molar-refractivity contribution is 5.85. The molecule has 2 heteroatoms. The number of fused-ring (bicyclic) bond motifs is 1. The largest absolute Gasteiger partial charge is 0.396 e. The minimum absolute atomic E-state index is 0.241. The van der Waals surface area contributed by atoms with Crippen molar-refractivity contribution >= 4 is 10.8 Å². The molecule has 2 aromatic rings. The van der Waals surface area contributed by atoms with E-state index in [2.05, 4.69) is 61.6 Å². The Labute approximate surface area is 115 Å². The summed E-state index contributed by atoms with van der Waals surface area (Å²) >= 11 is 0. The van der Waals surface area contributed by atoms with Crippen molar-refractivity contribution in [2.24, 2.45) is 5.92 Å². The second-order valence-electron chi connectivity index (χ2n) is 5.38. The number of benzene rings is 2. The van der Waals surface area contributed by atoms with Gasteiger partial charge in [0.25, 0.3) is 0 Å². The van der Waals surface area contributed by atoms with Crippen molar-refractivity contribution in [1.82, 2.24) is 5.32 Å². The number of hydrogen-bond acceptors (Lipinski definition) is 2. The lowest BCUT2D eigenvalue weighted by Crippen LogP contribution is -2.34. The summed E-state index contributed by atoms with van der Waals surface area (Å²) < 4.78 is 0. The van der Waals surface area contributed by atoms with Crippen LogP contribution >= 0.6 is 0 Å². The van der Waals surface area contributed by atoms with E-state index >= 15 is 0 Å². The van der Waals surface area contributed by atoms with E-state index in [0.717, 1.165) is 13.0 Å². The Bertz CT molecular complexity index is 516. The smallest absolute Gasteiger partial charge is 0.0445 e. The molecule has 0 radical (unpaired) electrons. The summed E-state index contributed by atoms with van der Waals surface area (Å²) in [5, 5.41) is 15.3. The van der Waals surface area contributed by atoms with Crippen molar-refractivity contribution in [3.05, 3.63) is 48.0 Å². The molecule has 2 aromatic carbocycles. The van der Waals surface area contributed by atoms with E-state index < -0.39 is 0 Å². The minimum atomic E-state index is 0.241. The molecule has 0 amide bonds. The quantitative estimate of drug-likeness (QED) is 0.832. The van der Waals surface area contributed by atoms with E-state index in [9.17, 15) is 0 Å². The lowest BCUT2D eigenvalue weighted by Gasteiger charge is -2.22. The molecule has 0 aliphatic rings. The van der Waals surface area contributed by atoms with Gasteiger partial charge in [-0.2, -0.15) is 0 Å². The maximum absolute atomic E-state index is 9.11. The molecule has 2 nitrogen and oxygen atoms in total. The average Bonchev–Trinajstić information content (AvgIpc) is 2.43. The van der Waals surface area contributed by atoms with Crippen molar-refractivity contribution in [1.29, 1.82) is 0 Å². The predicted octanol–water partition coefficient (Wildman–Crippen LogP) is 3.34. The monoisotopic (exact) mass is 257 g/mol. The molecule has 2 rings (SSSR count). The molecular weight excluding hydrogens is 234 g/mol. The molecular formula is C17H23NO. The Morgan fingerprint density at radius 1 is 1.05 bits per heavy atom. The van der Waals surface area contributed by atoms with Gasteiger partial charge in [-0.05, 0) is 28.7 Å². The van der Waals surface area contributed by atoms with Crippen LogP contribution in [0.15, 0.2) is 42.5 Å². The summed E-state index contributed by atoms with van der Waals surface area (Å²) in [6.07, 6.45) is 0.808. The minimum Gasteiger partial charge on any atom is -0.396 e. The van der Waals surface area contributed by atoms with Crippen LogP contribution in [0.2, 0.25) is 0 Å². The van der Waals surface area contributed by atoms with E-state index in [1.54, 1.807) is 0 Å². The molecule has 19 heavy (non-hydrogen) atoms. The molecule has 0 aliphatic carbocycles. The molecule has 0 saturated heterocycles. The maximum Gasteiger partial charge on any atom is 0.0445 e. The third kappa shape index (κ3) is 3.55. The van der Waals surface area contributed by atoms with Crippen molar-refractivity contribution in [2.45, 2.75) is 32.9 Å².